The van der Waals surface area contributed by atoms with E-state index in [1.54, 1.807) is 45.0 Å². The number of imide groups is 1. The van der Waals surface area contributed by atoms with Crippen LogP contribution in [0.5, 0.6) is 0 Å². The van der Waals surface area contributed by atoms with Gasteiger partial charge in [-0.1, -0.05) is 12.1 Å². The number of nitrogens with one attached hydrogen (secondary N) is 3. The maximum absolute atomic E-state index is 11.9. The van der Waals surface area contributed by atoms with Crippen LogP contribution in [-0.4, -0.2) is 35.5 Å². The van der Waals surface area contributed by atoms with Gasteiger partial charge in [-0.3, -0.25) is 19.7 Å². The molecule has 0 aliphatic carbocycles. The first-order chi connectivity index (χ1) is 12.0. The Kier molecular flexibility index (Phi) is 7.30. The third-order valence-corrected chi connectivity index (χ3v) is 3.03. The molecule has 0 aliphatic heterocycles. The Morgan fingerprint density at radius 2 is 1.65 bits per heavy atom. The van der Waals surface area contributed by atoms with Crippen LogP contribution in [0.25, 0.3) is 0 Å². The Bertz CT molecular complexity index is 677. The van der Waals surface area contributed by atoms with Crippen molar-refractivity contribution in [3.05, 3.63) is 29.8 Å². The number of esters is 1. The lowest BCUT2D eigenvalue weighted by atomic mass is 10.1. The number of carbonyl (C=O) groups excluding carboxylic acids is 4. The van der Waals surface area contributed by atoms with E-state index >= 15 is 0 Å². The molecule has 1 aromatic carbocycles. The molecule has 0 aromatic heterocycles. The summed E-state index contributed by atoms with van der Waals surface area (Å²) in [5, 5.41) is 7.32. The summed E-state index contributed by atoms with van der Waals surface area (Å²) in [4.78, 5) is 46.4. The monoisotopic (exact) mass is 363 g/mol. The summed E-state index contributed by atoms with van der Waals surface area (Å²) >= 11 is 0. The van der Waals surface area contributed by atoms with Gasteiger partial charge in [0.1, 0.15) is 0 Å². The van der Waals surface area contributed by atoms with E-state index in [1.165, 1.54) is 13.8 Å². The van der Waals surface area contributed by atoms with E-state index in [1.807, 2.05) is 0 Å². The van der Waals surface area contributed by atoms with Crippen molar-refractivity contribution in [2.24, 2.45) is 0 Å². The summed E-state index contributed by atoms with van der Waals surface area (Å²) in [5.74, 6) is -1.50. The highest BCUT2D eigenvalue weighted by molar-refractivity contribution is 5.97. The van der Waals surface area contributed by atoms with Crippen molar-refractivity contribution in [2.75, 3.05) is 5.32 Å². The van der Waals surface area contributed by atoms with Crippen molar-refractivity contribution in [3.8, 4) is 0 Å². The second kappa shape index (κ2) is 8.98. The average Bonchev–Trinajstić information content (AvgIpc) is 2.46. The van der Waals surface area contributed by atoms with E-state index < -0.39 is 29.6 Å². The van der Waals surface area contributed by atoms with E-state index in [0.29, 0.717) is 11.3 Å². The number of carbonyl (C=O) groups is 4. The number of amides is 4. The van der Waals surface area contributed by atoms with Crippen LogP contribution in [0.2, 0.25) is 0 Å². The van der Waals surface area contributed by atoms with Gasteiger partial charge in [0.25, 0.3) is 5.91 Å². The van der Waals surface area contributed by atoms with Crippen LogP contribution in [0.3, 0.4) is 0 Å². The number of rotatable bonds is 5. The lowest BCUT2D eigenvalue weighted by Crippen LogP contribution is -2.50. The van der Waals surface area contributed by atoms with Gasteiger partial charge in [-0.2, -0.15) is 0 Å². The maximum atomic E-state index is 11.9. The van der Waals surface area contributed by atoms with E-state index in [9.17, 15) is 19.2 Å². The van der Waals surface area contributed by atoms with E-state index in [-0.39, 0.29) is 12.3 Å². The van der Waals surface area contributed by atoms with E-state index in [2.05, 4.69) is 16.0 Å². The molecule has 8 nitrogen and oxygen atoms in total. The first-order valence-electron chi connectivity index (χ1n) is 8.15. The Balaban J connectivity index is 2.49. The topological polar surface area (TPSA) is 114 Å². The van der Waals surface area contributed by atoms with Gasteiger partial charge in [-0.15, -0.1) is 0 Å². The molecule has 0 heterocycles. The fourth-order valence-corrected chi connectivity index (χ4v) is 1.95. The number of hydrogen-bond acceptors (Lipinski definition) is 5. The quantitative estimate of drug-likeness (QED) is 0.690. The second-order valence-electron chi connectivity index (χ2n) is 6.88. The van der Waals surface area contributed by atoms with Crippen LogP contribution in [0.15, 0.2) is 24.3 Å². The molecule has 0 unspecified atom stereocenters. The summed E-state index contributed by atoms with van der Waals surface area (Å²) < 4.78 is 5.04. The summed E-state index contributed by atoms with van der Waals surface area (Å²) in [7, 11) is 0. The van der Waals surface area contributed by atoms with Crippen molar-refractivity contribution in [3.63, 3.8) is 0 Å². The molecule has 8 heteroatoms. The predicted molar refractivity (Wildman–Crippen MR) is 96.4 cm³/mol. The normalized spacial score (nSPS) is 11.9. The SMILES string of the molecule is CC(=O)Nc1ccc(CC(=O)O[C@@H](C)C(=O)NC(=O)NC(C)(C)C)cc1. The molecule has 1 aromatic rings. The van der Waals surface area contributed by atoms with Crippen LogP contribution >= 0.6 is 0 Å². The van der Waals surface area contributed by atoms with Crippen molar-refractivity contribution in [2.45, 2.75) is 52.7 Å². The molecule has 3 N–H and O–H groups in total. The fourth-order valence-electron chi connectivity index (χ4n) is 1.95. The van der Waals surface area contributed by atoms with Gasteiger partial charge in [0.2, 0.25) is 5.91 Å². The number of benzene rings is 1. The highest BCUT2D eigenvalue weighted by Gasteiger charge is 2.22. The first kappa shape index (κ1) is 21.1. The zero-order valence-electron chi connectivity index (χ0n) is 15.6. The fraction of sp³-hybridized carbons (Fsp3) is 0.444. The first-order valence-corrected chi connectivity index (χ1v) is 8.15. The minimum absolute atomic E-state index is 0.0356. The van der Waals surface area contributed by atoms with Crippen LogP contribution in [0.4, 0.5) is 10.5 Å². The number of urea groups is 1. The van der Waals surface area contributed by atoms with E-state index in [0.717, 1.165) is 0 Å². The molecule has 0 aliphatic rings. The molecule has 1 atom stereocenters. The number of ether oxygens (including phenoxy) is 1. The minimum atomic E-state index is -1.10. The summed E-state index contributed by atoms with van der Waals surface area (Å²) in [6.45, 7) is 8.12. The molecule has 0 radical (unpaired) electrons. The summed E-state index contributed by atoms with van der Waals surface area (Å²) in [6, 6.07) is 6.02. The second-order valence-corrected chi connectivity index (χ2v) is 6.88. The van der Waals surface area contributed by atoms with Gasteiger partial charge in [-0.25, -0.2) is 4.79 Å². The number of anilines is 1. The largest absolute Gasteiger partial charge is 0.452 e. The van der Waals surface area contributed by atoms with Crippen molar-refractivity contribution >= 4 is 29.5 Å². The Hall–Kier alpha value is -2.90. The third kappa shape index (κ3) is 8.27. The zero-order chi connectivity index (χ0) is 19.9. The smallest absolute Gasteiger partial charge is 0.321 e. The Morgan fingerprint density at radius 3 is 2.15 bits per heavy atom. The van der Waals surface area contributed by atoms with Gasteiger partial charge in [0, 0.05) is 18.2 Å². The third-order valence-electron chi connectivity index (χ3n) is 3.03. The van der Waals surface area contributed by atoms with Crippen LogP contribution < -0.4 is 16.0 Å². The predicted octanol–water partition coefficient (Wildman–Crippen LogP) is 1.74. The molecule has 142 valence electrons. The lowest BCUT2D eigenvalue weighted by molar-refractivity contribution is -0.153. The molecule has 4 amide bonds. The molecule has 0 bridgehead atoms. The molecule has 1 rings (SSSR count). The molecule has 26 heavy (non-hydrogen) atoms. The highest BCUT2D eigenvalue weighted by atomic mass is 16.5. The van der Waals surface area contributed by atoms with Crippen molar-refractivity contribution in [1.29, 1.82) is 0 Å². The molecular formula is C18H25N3O5. The molecule has 0 saturated heterocycles. The van der Waals surface area contributed by atoms with Gasteiger partial charge in [0.15, 0.2) is 6.10 Å². The lowest BCUT2D eigenvalue weighted by Gasteiger charge is -2.21. The minimum Gasteiger partial charge on any atom is -0.452 e. The van der Waals surface area contributed by atoms with Gasteiger partial charge >= 0.3 is 12.0 Å². The molecule has 0 fully saturated rings. The zero-order valence-corrected chi connectivity index (χ0v) is 15.6. The average molecular weight is 363 g/mol. The van der Waals surface area contributed by atoms with Crippen molar-refractivity contribution < 1.29 is 23.9 Å². The van der Waals surface area contributed by atoms with Gasteiger partial charge in [-0.05, 0) is 45.4 Å². The standard InChI is InChI=1S/C18H25N3O5/c1-11(16(24)20-17(25)21-18(3,4)5)26-15(23)10-13-6-8-14(9-7-13)19-12(2)22/h6-9,11H,10H2,1-5H3,(H,19,22)(H2,20,21,24,25)/t11-/m0/s1. The van der Waals surface area contributed by atoms with Crippen LogP contribution in [-0.2, 0) is 25.5 Å². The number of hydrogen-bond donors (Lipinski definition) is 3. The van der Waals surface area contributed by atoms with Crippen LogP contribution in [0, 0.1) is 0 Å². The molecule has 0 spiro atoms. The Morgan fingerprint density at radius 1 is 1.08 bits per heavy atom. The van der Waals surface area contributed by atoms with Gasteiger partial charge < -0.3 is 15.4 Å². The highest BCUT2D eigenvalue weighted by Crippen LogP contribution is 2.11. The summed E-state index contributed by atoms with van der Waals surface area (Å²) in [5.41, 5.74) is 0.794. The molecular weight excluding hydrogens is 338 g/mol. The Labute approximate surface area is 152 Å². The maximum Gasteiger partial charge on any atom is 0.321 e. The van der Waals surface area contributed by atoms with Crippen LogP contribution in [0.1, 0.15) is 40.2 Å². The molecule has 0 saturated carbocycles. The van der Waals surface area contributed by atoms with E-state index in [4.69, 9.17) is 4.74 Å². The van der Waals surface area contributed by atoms with Crippen molar-refractivity contribution in [1.82, 2.24) is 10.6 Å². The van der Waals surface area contributed by atoms with Gasteiger partial charge in [0.05, 0.1) is 6.42 Å². The summed E-state index contributed by atoms with van der Waals surface area (Å²) in [6.07, 6.45) is -1.14.